The molecule has 1 heterocycles. The van der Waals surface area contributed by atoms with E-state index in [9.17, 15) is 9.59 Å². The molecule has 0 aliphatic carbocycles. The van der Waals surface area contributed by atoms with Gasteiger partial charge in [0.2, 0.25) is 0 Å². The summed E-state index contributed by atoms with van der Waals surface area (Å²) in [5.74, 6) is -0.574. The number of allylic oxidation sites excluding steroid dienone is 1. The summed E-state index contributed by atoms with van der Waals surface area (Å²) >= 11 is 0. The Morgan fingerprint density at radius 3 is 2.60 bits per heavy atom. The van der Waals surface area contributed by atoms with E-state index in [-0.39, 0.29) is 11.9 Å². The Morgan fingerprint density at radius 1 is 1.30 bits per heavy atom. The lowest BCUT2D eigenvalue weighted by molar-refractivity contribution is -0.186. The molecular formula is C16H19NO3. The monoisotopic (exact) mass is 273 g/mol. The zero-order valence-electron chi connectivity index (χ0n) is 11.7. The van der Waals surface area contributed by atoms with Gasteiger partial charge in [-0.15, -0.1) is 5.06 Å². The first-order valence-electron chi connectivity index (χ1n) is 6.83. The van der Waals surface area contributed by atoms with Gasteiger partial charge < -0.3 is 4.84 Å². The Kier molecular flexibility index (Phi) is 4.56. The highest BCUT2D eigenvalue weighted by atomic mass is 16.7. The van der Waals surface area contributed by atoms with E-state index < -0.39 is 0 Å². The molecule has 0 bridgehead atoms. The van der Waals surface area contributed by atoms with Gasteiger partial charge in [0.1, 0.15) is 0 Å². The van der Waals surface area contributed by atoms with Crippen LogP contribution in [0.3, 0.4) is 0 Å². The van der Waals surface area contributed by atoms with E-state index in [2.05, 4.69) is 30.8 Å². The van der Waals surface area contributed by atoms with Crippen LogP contribution in [-0.4, -0.2) is 16.9 Å². The van der Waals surface area contributed by atoms with Crippen LogP contribution in [0.2, 0.25) is 0 Å². The van der Waals surface area contributed by atoms with Crippen molar-refractivity contribution in [1.29, 1.82) is 0 Å². The molecule has 4 heteroatoms. The van der Waals surface area contributed by atoms with Crippen LogP contribution >= 0.6 is 0 Å². The van der Waals surface area contributed by atoms with Crippen LogP contribution < -0.4 is 0 Å². The van der Waals surface area contributed by atoms with Crippen molar-refractivity contribution in [3.8, 4) is 0 Å². The quantitative estimate of drug-likeness (QED) is 0.828. The van der Waals surface area contributed by atoms with Crippen molar-refractivity contribution in [3.05, 3.63) is 47.7 Å². The van der Waals surface area contributed by atoms with Crippen LogP contribution in [0.25, 0.3) is 0 Å². The van der Waals surface area contributed by atoms with Gasteiger partial charge in [0, 0.05) is 12.8 Å². The van der Waals surface area contributed by atoms with Gasteiger partial charge in [0.15, 0.2) is 0 Å². The Bertz CT molecular complexity index is 503. The number of amides is 1. The van der Waals surface area contributed by atoms with Gasteiger partial charge >= 0.3 is 5.97 Å². The number of benzene rings is 1. The van der Waals surface area contributed by atoms with Crippen molar-refractivity contribution < 1.29 is 14.4 Å². The van der Waals surface area contributed by atoms with Gasteiger partial charge in [-0.05, 0) is 31.7 Å². The number of hydroxylamine groups is 2. The van der Waals surface area contributed by atoms with Gasteiger partial charge in [0.25, 0.3) is 5.91 Å². The summed E-state index contributed by atoms with van der Waals surface area (Å²) in [6.45, 7) is 5.75. The van der Waals surface area contributed by atoms with Crippen LogP contribution in [0, 0.1) is 6.92 Å². The lowest BCUT2D eigenvalue weighted by Crippen LogP contribution is -2.26. The molecule has 4 nitrogen and oxygen atoms in total. The van der Waals surface area contributed by atoms with Gasteiger partial charge in [-0.25, -0.2) is 4.79 Å². The third-order valence-corrected chi connectivity index (χ3v) is 3.30. The standard InChI is InChI=1S/C16H19NO3/c1-12-6-9-14(10-7-12)4-3-5-16(19)20-17-13(2)8-11-15(17)18/h6-7,9-10H,2-5,8,11H2,1H3. The topological polar surface area (TPSA) is 46.6 Å². The highest BCUT2D eigenvalue weighted by Crippen LogP contribution is 2.21. The van der Waals surface area contributed by atoms with Crippen LogP contribution in [0.1, 0.15) is 36.8 Å². The lowest BCUT2D eigenvalue weighted by Gasteiger charge is -2.15. The molecule has 106 valence electrons. The smallest absolute Gasteiger partial charge is 0.333 e. The Morgan fingerprint density at radius 2 is 2.00 bits per heavy atom. The van der Waals surface area contributed by atoms with E-state index in [1.165, 1.54) is 11.1 Å². The Balaban J connectivity index is 1.74. The molecule has 1 aromatic carbocycles. The Hall–Kier alpha value is -2.10. The van der Waals surface area contributed by atoms with Crippen LogP contribution in [0.15, 0.2) is 36.5 Å². The number of aryl methyl sites for hydroxylation is 2. The second kappa shape index (κ2) is 6.37. The summed E-state index contributed by atoms with van der Waals surface area (Å²) in [5, 5.41) is 1.04. The minimum Gasteiger partial charge on any atom is -0.334 e. The molecule has 1 aliphatic rings. The van der Waals surface area contributed by atoms with E-state index in [0.29, 0.717) is 31.4 Å². The zero-order chi connectivity index (χ0) is 14.5. The summed E-state index contributed by atoms with van der Waals surface area (Å²) in [5.41, 5.74) is 2.98. The first-order valence-corrected chi connectivity index (χ1v) is 6.83. The van der Waals surface area contributed by atoms with Crippen molar-refractivity contribution in [2.45, 2.75) is 39.0 Å². The minimum absolute atomic E-state index is 0.193. The second-order valence-electron chi connectivity index (χ2n) is 5.06. The first-order chi connectivity index (χ1) is 9.56. The molecule has 1 saturated heterocycles. The molecule has 1 aromatic rings. The Labute approximate surface area is 119 Å². The highest BCUT2D eigenvalue weighted by Gasteiger charge is 2.27. The van der Waals surface area contributed by atoms with Crippen molar-refractivity contribution in [2.24, 2.45) is 0 Å². The van der Waals surface area contributed by atoms with E-state index in [4.69, 9.17) is 4.84 Å². The summed E-state index contributed by atoms with van der Waals surface area (Å²) in [7, 11) is 0. The molecule has 0 spiro atoms. The molecule has 0 aromatic heterocycles. The van der Waals surface area contributed by atoms with Crippen molar-refractivity contribution in [3.63, 3.8) is 0 Å². The van der Waals surface area contributed by atoms with Crippen molar-refractivity contribution in [2.75, 3.05) is 0 Å². The maximum absolute atomic E-state index is 11.7. The average Bonchev–Trinajstić information content (AvgIpc) is 2.73. The van der Waals surface area contributed by atoms with E-state index in [1.54, 1.807) is 0 Å². The lowest BCUT2D eigenvalue weighted by atomic mass is 10.1. The fourth-order valence-electron chi connectivity index (χ4n) is 2.09. The molecule has 0 unspecified atom stereocenters. The molecule has 0 N–H and O–H groups in total. The molecule has 0 saturated carbocycles. The van der Waals surface area contributed by atoms with Crippen molar-refractivity contribution in [1.82, 2.24) is 5.06 Å². The molecule has 0 atom stereocenters. The molecule has 1 amide bonds. The number of hydrogen-bond donors (Lipinski definition) is 0. The molecule has 1 aliphatic heterocycles. The largest absolute Gasteiger partial charge is 0.334 e. The molecule has 2 rings (SSSR count). The van der Waals surface area contributed by atoms with E-state index >= 15 is 0 Å². The number of rotatable bonds is 5. The van der Waals surface area contributed by atoms with E-state index in [0.717, 1.165) is 11.5 Å². The van der Waals surface area contributed by atoms with Crippen LogP contribution in [0.5, 0.6) is 0 Å². The number of nitrogens with zero attached hydrogens (tertiary/aromatic N) is 1. The SMILES string of the molecule is C=C1CCC(=O)N1OC(=O)CCCc1ccc(C)cc1. The zero-order valence-corrected chi connectivity index (χ0v) is 11.7. The maximum atomic E-state index is 11.7. The maximum Gasteiger partial charge on any atom is 0.333 e. The molecule has 0 radical (unpaired) electrons. The number of hydrogen-bond acceptors (Lipinski definition) is 3. The minimum atomic E-state index is -0.381. The van der Waals surface area contributed by atoms with Gasteiger partial charge in [0.05, 0.1) is 5.70 Å². The highest BCUT2D eigenvalue weighted by molar-refractivity contribution is 5.82. The first kappa shape index (κ1) is 14.3. The van der Waals surface area contributed by atoms with Gasteiger partial charge in [-0.3, -0.25) is 4.79 Å². The summed E-state index contributed by atoms with van der Waals surface area (Å²) < 4.78 is 0. The van der Waals surface area contributed by atoms with Gasteiger partial charge in [-0.2, -0.15) is 0 Å². The van der Waals surface area contributed by atoms with Crippen LogP contribution in [-0.2, 0) is 20.8 Å². The number of carbonyl (C=O) groups is 2. The van der Waals surface area contributed by atoms with Crippen LogP contribution in [0.4, 0.5) is 0 Å². The van der Waals surface area contributed by atoms with E-state index in [1.807, 2.05) is 6.92 Å². The summed E-state index contributed by atoms with van der Waals surface area (Å²) in [6.07, 6.45) is 2.76. The summed E-state index contributed by atoms with van der Waals surface area (Å²) in [6, 6.07) is 8.24. The number of carbonyl (C=O) groups excluding carboxylic acids is 2. The fourth-order valence-corrected chi connectivity index (χ4v) is 2.09. The third kappa shape index (κ3) is 3.70. The van der Waals surface area contributed by atoms with Gasteiger partial charge in [-0.1, -0.05) is 36.4 Å². The van der Waals surface area contributed by atoms with Crippen molar-refractivity contribution >= 4 is 11.9 Å². The summed E-state index contributed by atoms with van der Waals surface area (Å²) in [4.78, 5) is 28.2. The average molecular weight is 273 g/mol. The molecular weight excluding hydrogens is 254 g/mol. The fraction of sp³-hybridized carbons (Fsp3) is 0.375. The second-order valence-corrected chi connectivity index (χ2v) is 5.06. The molecule has 1 fully saturated rings. The molecule has 20 heavy (non-hydrogen) atoms. The third-order valence-electron chi connectivity index (χ3n) is 3.30. The normalized spacial score (nSPS) is 14.8. The predicted molar refractivity (Wildman–Crippen MR) is 75.4 cm³/mol. The predicted octanol–water partition coefficient (Wildman–Crippen LogP) is 2.91.